The molecule has 1 saturated heterocycles. The smallest absolute Gasteiger partial charge is 0.249 e. The molecule has 1 aromatic carbocycles. The number of hydrogen-bond acceptors (Lipinski definition) is 4. The summed E-state index contributed by atoms with van der Waals surface area (Å²) in [6.07, 6.45) is 0.693. The molecule has 18 heavy (non-hydrogen) atoms. The summed E-state index contributed by atoms with van der Waals surface area (Å²) >= 11 is 0. The summed E-state index contributed by atoms with van der Waals surface area (Å²) in [5.74, 6) is -0.748. The second-order valence-corrected chi connectivity index (χ2v) is 3.99. The van der Waals surface area contributed by atoms with E-state index in [0.717, 1.165) is 0 Å². The minimum absolute atomic E-state index is 0.274. The molecule has 0 spiro atoms. The van der Waals surface area contributed by atoms with Crippen LogP contribution in [0.15, 0.2) is 18.2 Å². The SMILES string of the molecule is COc1cc(F)ccc1NC1CCC(=O)NC1=O. The zero-order valence-electron chi connectivity index (χ0n) is 9.83. The summed E-state index contributed by atoms with van der Waals surface area (Å²) in [5, 5.41) is 5.19. The van der Waals surface area contributed by atoms with Crippen LogP contribution in [0, 0.1) is 5.82 Å². The molecule has 0 saturated carbocycles. The van der Waals surface area contributed by atoms with Crippen LogP contribution < -0.4 is 15.4 Å². The Morgan fingerprint density at radius 3 is 2.89 bits per heavy atom. The summed E-state index contributed by atoms with van der Waals surface area (Å²) in [5.41, 5.74) is 0.522. The minimum Gasteiger partial charge on any atom is -0.494 e. The maximum absolute atomic E-state index is 13.0. The van der Waals surface area contributed by atoms with E-state index in [9.17, 15) is 14.0 Å². The van der Waals surface area contributed by atoms with Crippen molar-refractivity contribution in [3.05, 3.63) is 24.0 Å². The molecule has 1 aliphatic heterocycles. The number of methoxy groups -OCH3 is 1. The van der Waals surface area contributed by atoms with Gasteiger partial charge < -0.3 is 10.1 Å². The third kappa shape index (κ3) is 2.58. The van der Waals surface area contributed by atoms with Gasteiger partial charge in [0.1, 0.15) is 17.6 Å². The fraction of sp³-hybridized carbons (Fsp3) is 0.333. The molecule has 2 N–H and O–H groups in total. The molecule has 2 rings (SSSR count). The molecule has 6 heteroatoms. The molecule has 1 aromatic rings. The molecule has 1 atom stereocenters. The third-order valence-corrected chi connectivity index (χ3v) is 2.73. The first kappa shape index (κ1) is 12.3. The first-order chi connectivity index (χ1) is 8.60. The molecular weight excluding hydrogens is 239 g/mol. The maximum Gasteiger partial charge on any atom is 0.249 e. The minimum atomic E-state index is -0.512. The van der Waals surface area contributed by atoms with E-state index in [-0.39, 0.29) is 18.2 Å². The van der Waals surface area contributed by atoms with Crippen LogP contribution in [0.25, 0.3) is 0 Å². The van der Waals surface area contributed by atoms with Gasteiger partial charge in [-0.1, -0.05) is 0 Å². The Morgan fingerprint density at radius 2 is 2.22 bits per heavy atom. The van der Waals surface area contributed by atoms with E-state index in [2.05, 4.69) is 10.6 Å². The van der Waals surface area contributed by atoms with Crippen molar-refractivity contribution in [2.24, 2.45) is 0 Å². The van der Waals surface area contributed by atoms with Crippen molar-refractivity contribution in [2.75, 3.05) is 12.4 Å². The average molecular weight is 252 g/mol. The quantitative estimate of drug-likeness (QED) is 0.789. The zero-order chi connectivity index (χ0) is 13.1. The largest absolute Gasteiger partial charge is 0.494 e. The van der Waals surface area contributed by atoms with Crippen molar-refractivity contribution in [1.82, 2.24) is 5.32 Å². The van der Waals surface area contributed by atoms with Gasteiger partial charge in [-0.05, 0) is 18.6 Å². The molecule has 0 bridgehead atoms. The Kier molecular flexibility index (Phi) is 3.45. The van der Waals surface area contributed by atoms with E-state index in [1.54, 1.807) is 0 Å². The fourth-order valence-corrected chi connectivity index (χ4v) is 1.80. The van der Waals surface area contributed by atoms with E-state index >= 15 is 0 Å². The normalized spacial score (nSPS) is 19.3. The van der Waals surface area contributed by atoms with Crippen LogP contribution in [0.4, 0.5) is 10.1 Å². The molecule has 0 aliphatic carbocycles. The van der Waals surface area contributed by atoms with E-state index in [1.165, 1.54) is 25.3 Å². The van der Waals surface area contributed by atoms with Crippen molar-refractivity contribution in [2.45, 2.75) is 18.9 Å². The standard InChI is InChI=1S/C12H13FN2O3/c1-18-10-6-7(13)2-3-8(10)14-9-4-5-11(16)15-12(9)17/h2-3,6,9,14H,4-5H2,1H3,(H,15,16,17). The number of amides is 2. The van der Waals surface area contributed by atoms with Crippen molar-refractivity contribution >= 4 is 17.5 Å². The Labute approximate surface area is 103 Å². The van der Waals surface area contributed by atoms with Gasteiger partial charge >= 0.3 is 0 Å². The van der Waals surface area contributed by atoms with Crippen molar-refractivity contribution in [3.8, 4) is 5.75 Å². The first-order valence-electron chi connectivity index (χ1n) is 5.54. The second kappa shape index (κ2) is 5.03. The molecule has 0 aromatic heterocycles. The van der Waals surface area contributed by atoms with E-state index < -0.39 is 11.9 Å². The van der Waals surface area contributed by atoms with Crippen molar-refractivity contribution in [3.63, 3.8) is 0 Å². The number of halogens is 1. The van der Waals surface area contributed by atoms with Gasteiger partial charge in [0.05, 0.1) is 12.8 Å². The highest BCUT2D eigenvalue weighted by Gasteiger charge is 2.26. The van der Waals surface area contributed by atoms with Crippen molar-refractivity contribution < 1.29 is 18.7 Å². The number of imide groups is 1. The van der Waals surface area contributed by atoms with Gasteiger partial charge in [-0.3, -0.25) is 14.9 Å². The maximum atomic E-state index is 13.0. The fourth-order valence-electron chi connectivity index (χ4n) is 1.80. The predicted octanol–water partition coefficient (Wildman–Crippen LogP) is 1.05. The zero-order valence-corrected chi connectivity index (χ0v) is 9.83. The molecule has 5 nitrogen and oxygen atoms in total. The highest BCUT2D eigenvalue weighted by Crippen LogP contribution is 2.26. The van der Waals surface area contributed by atoms with E-state index in [4.69, 9.17) is 4.74 Å². The number of hydrogen-bond donors (Lipinski definition) is 2. The van der Waals surface area contributed by atoms with Gasteiger partial charge in [0.15, 0.2) is 0 Å². The highest BCUT2D eigenvalue weighted by molar-refractivity contribution is 6.01. The lowest BCUT2D eigenvalue weighted by atomic mass is 10.1. The number of nitrogens with one attached hydrogen (secondary N) is 2. The first-order valence-corrected chi connectivity index (χ1v) is 5.54. The predicted molar refractivity (Wildman–Crippen MR) is 62.7 cm³/mol. The van der Waals surface area contributed by atoms with Crippen LogP contribution in [0.2, 0.25) is 0 Å². The Morgan fingerprint density at radius 1 is 1.44 bits per heavy atom. The lowest BCUT2D eigenvalue weighted by molar-refractivity contribution is -0.133. The van der Waals surface area contributed by atoms with Crippen LogP contribution in [0.3, 0.4) is 0 Å². The Hall–Kier alpha value is -2.11. The number of carbonyl (C=O) groups is 2. The topological polar surface area (TPSA) is 67.4 Å². The third-order valence-electron chi connectivity index (χ3n) is 2.73. The lowest BCUT2D eigenvalue weighted by Gasteiger charge is -2.23. The number of carbonyl (C=O) groups excluding carboxylic acids is 2. The lowest BCUT2D eigenvalue weighted by Crippen LogP contribution is -2.47. The van der Waals surface area contributed by atoms with Gasteiger partial charge in [-0.25, -0.2) is 4.39 Å². The van der Waals surface area contributed by atoms with Crippen LogP contribution in [0.5, 0.6) is 5.75 Å². The molecule has 96 valence electrons. The molecule has 1 unspecified atom stereocenters. The molecule has 1 fully saturated rings. The summed E-state index contributed by atoms with van der Waals surface area (Å²) < 4.78 is 18.0. The summed E-state index contributed by atoms with van der Waals surface area (Å²) in [6, 6.07) is 3.49. The molecular formula is C12H13FN2O3. The van der Waals surface area contributed by atoms with E-state index in [0.29, 0.717) is 17.9 Å². The molecule has 1 heterocycles. The molecule has 0 radical (unpaired) electrons. The van der Waals surface area contributed by atoms with Gasteiger partial charge in [-0.15, -0.1) is 0 Å². The number of anilines is 1. The number of rotatable bonds is 3. The summed E-state index contributed by atoms with van der Waals surface area (Å²) in [6.45, 7) is 0. The Balaban J connectivity index is 2.14. The van der Waals surface area contributed by atoms with Crippen molar-refractivity contribution in [1.29, 1.82) is 0 Å². The number of piperidine rings is 1. The van der Waals surface area contributed by atoms with Crippen LogP contribution >= 0.6 is 0 Å². The van der Waals surface area contributed by atoms with Crippen LogP contribution in [-0.4, -0.2) is 25.0 Å². The second-order valence-electron chi connectivity index (χ2n) is 3.99. The van der Waals surface area contributed by atoms with Gasteiger partial charge in [0.2, 0.25) is 11.8 Å². The Bertz CT molecular complexity index is 490. The van der Waals surface area contributed by atoms with Crippen LogP contribution in [0.1, 0.15) is 12.8 Å². The van der Waals surface area contributed by atoms with Crippen LogP contribution in [-0.2, 0) is 9.59 Å². The van der Waals surface area contributed by atoms with Gasteiger partial charge in [0.25, 0.3) is 0 Å². The highest BCUT2D eigenvalue weighted by atomic mass is 19.1. The van der Waals surface area contributed by atoms with Gasteiger partial charge in [0, 0.05) is 12.5 Å². The van der Waals surface area contributed by atoms with E-state index in [1.807, 2.05) is 0 Å². The molecule has 2 amide bonds. The number of ether oxygens (including phenoxy) is 1. The summed E-state index contributed by atoms with van der Waals surface area (Å²) in [7, 11) is 1.42. The van der Waals surface area contributed by atoms with Gasteiger partial charge in [-0.2, -0.15) is 0 Å². The summed E-state index contributed by atoms with van der Waals surface area (Å²) in [4.78, 5) is 22.6. The monoisotopic (exact) mass is 252 g/mol. The average Bonchev–Trinajstić information content (AvgIpc) is 2.34. The molecule has 1 aliphatic rings. The number of benzene rings is 1.